The highest BCUT2D eigenvalue weighted by Gasteiger charge is 2.14. The number of fused-ring (bicyclic) bond motifs is 1. The van der Waals surface area contributed by atoms with Gasteiger partial charge in [0, 0.05) is 43.7 Å². The number of furan rings is 1. The molecule has 0 spiro atoms. The van der Waals surface area contributed by atoms with E-state index in [9.17, 15) is 4.79 Å². The van der Waals surface area contributed by atoms with Crippen LogP contribution in [0.2, 0.25) is 0 Å². The van der Waals surface area contributed by atoms with E-state index in [0.29, 0.717) is 6.42 Å². The maximum atomic E-state index is 12.2. The first kappa shape index (κ1) is 18.0. The Morgan fingerprint density at radius 2 is 1.88 bits per heavy atom. The zero-order chi connectivity index (χ0) is 17.8. The minimum Gasteiger partial charge on any atom is -0.464 e. The van der Waals surface area contributed by atoms with E-state index in [1.165, 1.54) is 11.1 Å². The number of carbonyl (C=O) groups excluding carboxylic acids is 1. The van der Waals surface area contributed by atoms with Crippen molar-refractivity contribution >= 4 is 16.9 Å². The minimum absolute atomic E-state index is 0.0688. The Balaban J connectivity index is 1.44. The molecule has 1 amide bonds. The van der Waals surface area contributed by atoms with E-state index in [1.54, 1.807) is 6.26 Å². The molecule has 5 heteroatoms. The summed E-state index contributed by atoms with van der Waals surface area (Å²) < 4.78 is 5.61. The molecule has 3 rings (SSSR count). The summed E-state index contributed by atoms with van der Waals surface area (Å²) in [5, 5.41) is 4.09. The van der Waals surface area contributed by atoms with Crippen molar-refractivity contribution in [2.45, 2.75) is 26.7 Å². The lowest BCUT2D eigenvalue weighted by Crippen LogP contribution is -2.45. The van der Waals surface area contributed by atoms with Crippen molar-refractivity contribution in [2.24, 2.45) is 0 Å². The van der Waals surface area contributed by atoms with Gasteiger partial charge in [-0.25, -0.2) is 0 Å². The number of rotatable bonds is 6. The average molecular weight is 343 g/mol. The van der Waals surface area contributed by atoms with Crippen LogP contribution in [0.3, 0.4) is 0 Å². The van der Waals surface area contributed by atoms with Crippen molar-refractivity contribution in [3.63, 3.8) is 0 Å². The summed E-state index contributed by atoms with van der Waals surface area (Å²) in [6, 6.07) is 4.16. The van der Waals surface area contributed by atoms with Gasteiger partial charge in [-0.2, -0.15) is 0 Å². The van der Waals surface area contributed by atoms with E-state index in [2.05, 4.69) is 42.1 Å². The normalized spacial score (nSPS) is 16.4. The monoisotopic (exact) mass is 343 g/mol. The number of hydrogen-bond donors (Lipinski definition) is 1. The van der Waals surface area contributed by atoms with E-state index in [0.717, 1.165) is 62.2 Å². The first-order chi connectivity index (χ1) is 12.0. The maximum Gasteiger partial charge on any atom is 0.224 e. The maximum absolute atomic E-state index is 12.2. The predicted molar refractivity (Wildman–Crippen MR) is 101 cm³/mol. The van der Waals surface area contributed by atoms with Crippen molar-refractivity contribution in [1.29, 1.82) is 0 Å². The lowest BCUT2D eigenvalue weighted by atomic mass is 10.0. The van der Waals surface area contributed by atoms with Gasteiger partial charge >= 0.3 is 0 Å². The summed E-state index contributed by atoms with van der Waals surface area (Å²) in [4.78, 5) is 17.1. The third-order valence-corrected chi connectivity index (χ3v) is 5.19. The number of nitrogens with zero attached hydrogens (tertiary/aromatic N) is 2. The topological polar surface area (TPSA) is 48.7 Å². The highest BCUT2D eigenvalue weighted by Crippen LogP contribution is 2.25. The molecule has 0 aliphatic carbocycles. The highest BCUT2D eigenvalue weighted by molar-refractivity contribution is 5.88. The zero-order valence-electron chi connectivity index (χ0n) is 15.6. The molecule has 0 atom stereocenters. The fourth-order valence-corrected chi connectivity index (χ4v) is 3.31. The lowest BCUT2D eigenvalue weighted by Gasteiger charge is -2.32. The second-order valence-corrected chi connectivity index (χ2v) is 7.22. The smallest absolute Gasteiger partial charge is 0.224 e. The van der Waals surface area contributed by atoms with Crippen LogP contribution in [0.4, 0.5) is 0 Å². The lowest BCUT2D eigenvalue weighted by molar-refractivity contribution is -0.120. The van der Waals surface area contributed by atoms with Crippen LogP contribution in [0.5, 0.6) is 0 Å². The molecule has 1 fully saturated rings. The summed E-state index contributed by atoms with van der Waals surface area (Å²) in [5.74, 6) is 0.0688. The largest absolute Gasteiger partial charge is 0.464 e. The first-order valence-corrected chi connectivity index (χ1v) is 9.18. The predicted octanol–water partition coefficient (Wildman–Crippen LogP) is 2.35. The Morgan fingerprint density at radius 1 is 1.16 bits per heavy atom. The van der Waals surface area contributed by atoms with Crippen LogP contribution in [0.1, 0.15) is 23.1 Å². The Hall–Kier alpha value is -1.85. The third kappa shape index (κ3) is 4.61. The summed E-state index contributed by atoms with van der Waals surface area (Å²) >= 11 is 0. The van der Waals surface area contributed by atoms with Gasteiger partial charge in [0.2, 0.25) is 5.91 Å². The van der Waals surface area contributed by atoms with Gasteiger partial charge in [0.05, 0.1) is 12.7 Å². The van der Waals surface area contributed by atoms with Gasteiger partial charge in [-0.1, -0.05) is 0 Å². The number of likely N-dealkylation sites (N-methyl/N-ethyl adjacent to an activating group) is 1. The first-order valence-electron chi connectivity index (χ1n) is 9.18. The molecule has 2 aromatic rings. The molecule has 136 valence electrons. The van der Waals surface area contributed by atoms with E-state index in [1.807, 2.05) is 6.07 Å². The van der Waals surface area contributed by atoms with Crippen LogP contribution in [-0.2, 0) is 11.2 Å². The van der Waals surface area contributed by atoms with Crippen LogP contribution in [0.15, 0.2) is 22.8 Å². The standard InChI is InChI=1S/C20H29N3O2/c1-15-11-18-17(14-25-19(18)12-16(15)2)13-20(24)21-5-4-6-23-9-7-22(3)8-10-23/h11-12,14H,4-10,13H2,1-3H3,(H,21,24). The van der Waals surface area contributed by atoms with Crippen LogP contribution >= 0.6 is 0 Å². The van der Waals surface area contributed by atoms with Gasteiger partial charge < -0.3 is 19.5 Å². The van der Waals surface area contributed by atoms with Gasteiger partial charge in [-0.05, 0) is 57.1 Å². The van der Waals surface area contributed by atoms with Crippen LogP contribution in [0, 0.1) is 13.8 Å². The van der Waals surface area contributed by atoms with E-state index < -0.39 is 0 Å². The fourth-order valence-electron chi connectivity index (χ4n) is 3.31. The van der Waals surface area contributed by atoms with Crippen molar-refractivity contribution in [1.82, 2.24) is 15.1 Å². The molecular weight excluding hydrogens is 314 g/mol. The summed E-state index contributed by atoms with van der Waals surface area (Å²) in [7, 11) is 2.17. The molecule has 2 heterocycles. The van der Waals surface area contributed by atoms with E-state index in [4.69, 9.17) is 4.42 Å². The molecule has 0 radical (unpaired) electrons. The number of benzene rings is 1. The fraction of sp³-hybridized carbons (Fsp3) is 0.550. The molecule has 1 aliphatic heterocycles. The second-order valence-electron chi connectivity index (χ2n) is 7.22. The molecule has 1 aromatic heterocycles. The third-order valence-electron chi connectivity index (χ3n) is 5.19. The van der Waals surface area contributed by atoms with Gasteiger partial charge in [0.15, 0.2) is 0 Å². The van der Waals surface area contributed by atoms with Crippen LogP contribution in [-0.4, -0.2) is 62.0 Å². The highest BCUT2D eigenvalue weighted by atomic mass is 16.3. The Labute approximate surface area is 150 Å². The molecule has 5 nitrogen and oxygen atoms in total. The van der Waals surface area contributed by atoms with Crippen LogP contribution in [0.25, 0.3) is 11.0 Å². The van der Waals surface area contributed by atoms with Gasteiger partial charge in [-0.3, -0.25) is 4.79 Å². The van der Waals surface area contributed by atoms with Crippen molar-refractivity contribution in [3.05, 3.63) is 35.1 Å². The Bertz CT molecular complexity index is 730. The Kier molecular flexibility index (Phi) is 5.76. The number of amides is 1. The molecule has 25 heavy (non-hydrogen) atoms. The number of carbonyl (C=O) groups is 1. The summed E-state index contributed by atoms with van der Waals surface area (Å²) in [5.41, 5.74) is 4.26. The molecule has 1 saturated heterocycles. The van der Waals surface area contributed by atoms with Gasteiger partial charge in [0.25, 0.3) is 0 Å². The van der Waals surface area contributed by atoms with Crippen LogP contribution < -0.4 is 5.32 Å². The Morgan fingerprint density at radius 3 is 2.64 bits per heavy atom. The van der Waals surface area contributed by atoms with Crippen molar-refractivity contribution < 1.29 is 9.21 Å². The summed E-state index contributed by atoms with van der Waals surface area (Å²) in [6.45, 7) is 10.5. The number of hydrogen-bond acceptors (Lipinski definition) is 4. The molecule has 0 bridgehead atoms. The van der Waals surface area contributed by atoms with E-state index in [-0.39, 0.29) is 5.91 Å². The average Bonchev–Trinajstić information content (AvgIpc) is 2.95. The molecule has 1 aromatic carbocycles. The molecule has 0 unspecified atom stereocenters. The molecule has 1 aliphatic rings. The number of nitrogens with one attached hydrogen (secondary N) is 1. The van der Waals surface area contributed by atoms with Crippen molar-refractivity contribution in [2.75, 3.05) is 46.3 Å². The number of aryl methyl sites for hydroxylation is 2. The summed E-state index contributed by atoms with van der Waals surface area (Å²) in [6.07, 6.45) is 3.09. The minimum atomic E-state index is 0.0688. The number of piperazine rings is 1. The quantitative estimate of drug-likeness (QED) is 0.818. The van der Waals surface area contributed by atoms with Gasteiger partial charge in [0.1, 0.15) is 5.58 Å². The second kappa shape index (κ2) is 8.02. The SMILES string of the molecule is Cc1cc2occ(CC(=O)NCCCN3CCN(C)CC3)c2cc1C. The molecule has 1 N–H and O–H groups in total. The van der Waals surface area contributed by atoms with Crippen molar-refractivity contribution in [3.8, 4) is 0 Å². The zero-order valence-corrected chi connectivity index (χ0v) is 15.6. The van der Waals surface area contributed by atoms with Gasteiger partial charge in [-0.15, -0.1) is 0 Å². The molecule has 0 saturated carbocycles. The van der Waals surface area contributed by atoms with E-state index >= 15 is 0 Å². The molecular formula is C20H29N3O2.